The van der Waals surface area contributed by atoms with Crippen LogP contribution in [-0.2, 0) is 0 Å². The second-order valence-electron chi connectivity index (χ2n) is 6.24. The molecule has 2 fully saturated rings. The van der Waals surface area contributed by atoms with Crippen LogP contribution in [0.5, 0.6) is 0 Å². The molecule has 2 heteroatoms. The molecular weight excluding hydrogens is 244 g/mol. The van der Waals surface area contributed by atoms with E-state index in [-0.39, 0.29) is 0 Å². The quantitative estimate of drug-likeness (QED) is 0.854. The molecule has 2 nitrogen and oxygen atoms in total. The number of likely N-dealkylation sites (tertiary alicyclic amines) is 1. The highest BCUT2D eigenvalue weighted by Gasteiger charge is 2.23. The molecule has 1 aromatic carbocycles. The van der Waals surface area contributed by atoms with E-state index in [1.165, 1.54) is 50.9 Å². The van der Waals surface area contributed by atoms with Crippen LogP contribution in [0.1, 0.15) is 31.2 Å². The predicted molar refractivity (Wildman–Crippen MR) is 85.7 cm³/mol. The maximum absolute atomic E-state index is 3.67. The highest BCUT2D eigenvalue weighted by molar-refractivity contribution is 5.48. The summed E-state index contributed by atoms with van der Waals surface area (Å²) in [7, 11) is 0. The number of nitrogens with one attached hydrogen (secondary N) is 1. The van der Waals surface area contributed by atoms with Crippen LogP contribution in [0.2, 0.25) is 0 Å². The third-order valence-electron chi connectivity index (χ3n) is 4.45. The zero-order valence-corrected chi connectivity index (χ0v) is 12.3. The van der Waals surface area contributed by atoms with Crippen molar-refractivity contribution in [2.75, 3.05) is 26.2 Å². The van der Waals surface area contributed by atoms with Crippen LogP contribution in [0.3, 0.4) is 0 Å². The summed E-state index contributed by atoms with van der Waals surface area (Å²) in [6.07, 6.45) is 10.1. The molecule has 0 amide bonds. The average Bonchev–Trinajstić information content (AvgIpc) is 3.32. The molecule has 1 heterocycles. The second-order valence-corrected chi connectivity index (χ2v) is 6.24. The number of hydrogen-bond acceptors (Lipinski definition) is 2. The molecule has 1 aliphatic heterocycles. The molecule has 2 aliphatic rings. The molecule has 0 atom stereocenters. The fourth-order valence-electron chi connectivity index (χ4n) is 2.90. The van der Waals surface area contributed by atoms with Crippen molar-refractivity contribution in [3.63, 3.8) is 0 Å². The van der Waals surface area contributed by atoms with Gasteiger partial charge in [-0.15, -0.1) is 0 Å². The van der Waals surface area contributed by atoms with Gasteiger partial charge < -0.3 is 5.32 Å². The predicted octanol–water partition coefficient (Wildman–Crippen LogP) is 3.16. The molecule has 0 unspecified atom stereocenters. The van der Waals surface area contributed by atoms with Gasteiger partial charge in [0.05, 0.1) is 0 Å². The lowest BCUT2D eigenvalue weighted by Crippen LogP contribution is -2.37. The molecule has 1 aliphatic carbocycles. The van der Waals surface area contributed by atoms with E-state index < -0.39 is 0 Å². The summed E-state index contributed by atoms with van der Waals surface area (Å²) in [6.45, 7) is 4.86. The van der Waals surface area contributed by atoms with Crippen molar-refractivity contribution in [1.29, 1.82) is 0 Å². The molecule has 0 bridgehead atoms. The van der Waals surface area contributed by atoms with Gasteiger partial charge in [-0.3, -0.25) is 4.90 Å². The van der Waals surface area contributed by atoms with E-state index >= 15 is 0 Å². The van der Waals surface area contributed by atoms with Gasteiger partial charge >= 0.3 is 0 Å². The van der Waals surface area contributed by atoms with E-state index in [2.05, 4.69) is 52.7 Å². The first kappa shape index (κ1) is 13.8. The first-order valence-corrected chi connectivity index (χ1v) is 8.07. The van der Waals surface area contributed by atoms with Crippen LogP contribution in [0.25, 0.3) is 6.08 Å². The van der Waals surface area contributed by atoms with Crippen LogP contribution >= 0.6 is 0 Å². The van der Waals surface area contributed by atoms with Gasteiger partial charge in [-0.05, 0) is 56.8 Å². The zero-order valence-electron chi connectivity index (χ0n) is 12.3. The Morgan fingerprint density at radius 3 is 2.50 bits per heavy atom. The minimum Gasteiger partial charge on any atom is -0.314 e. The van der Waals surface area contributed by atoms with Gasteiger partial charge in [-0.25, -0.2) is 0 Å². The van der Waals surface area contributed by atoms with Gasteiger partial charge in [0.1, 0.15) is 0 Å². The molecule has 0 radical (unpaired) electrons. The summed E-state index contributed by atoms with van der Waals surface area (Å²) in [4.78, 5) is 2.58. The van der Waals surface area contributed by atoms with Gasteiger partial charge in [0.2, 0.25) is 0 Å². The lowest BCUT2D eigenvalue weighted by Gasteiger charge is -2.31. The van der Waals surface area contributed by atoms with Crippen LogP contribution in [0.15, 0.2) is 36.4 Å². The Labute approximate surface area is 122 Å². The van der Waals surface area contributed by atoms with Crippen LogP contribution in [-0.4, -0.2) is 37.1 Å². The van der Waals surface area contributed by atoms with E-state index in [1.807, 2.05) is 0 Å². The van der Waals surface area contributed by atoms with Gasteiger partial charge in [-0.2, -0.15) is 0 Å². The fourth-order valence-corrected chi connectivity index (χ4v) is 2.90. The highest BCUT2D eigenvalue weighted by Crippen LogP contribution is 2.21. The summed E-state index contributed by atoms with van der Waals surface area (Å²) in [5.41, 5.74) is 1.30. The summed E-state index contributed by atoms with van der Waals surface area (Å²) >= 11 is 0. The molecule has 1 saturated carbocycles. The number of benzene rings is 1. The van der Waals surface area contributed by atoms with E-state index in [1.54, 1.807) is 0 Å². The summed E-state index contributed by atoms with van der Waals surface area (Å²) in [5.74, 6) is 0.907. The van der Waals surface area contributed by atoms with E-state index in [0.717, 1.165) is 18.5 Å². The molecule has 1 aromatic rings. The van der Waals surface area contributed by atoms with Crippen molar-refractivity contribution in [3.05, 3.63) is 42.0 Å². The Morgan fingerprint density at radius 2 is 1.80 bits per heavy atom. The third kappa shape index (κ3) is 4.46. The molecular formula is C18H26N2. The largest absolute Gasteiger partial charge is 0.314 e. The van der Waals surface area contributed by atoms with Gasteiger partial charge in [0.25, 0.3) is 0 Å². The van der Waals surface area contributed by atoms with Crippen LogP contribution in [0.4, 0.5) is 0 Å². The molecule has 20 heavy (non-hydrogen) atoms. The van der Waals surface area contributed by atoms with Crippen molar-refractivity contribution < 1.29 is 0 Å². The van der Waals surface area contributed by atoms with Crippen molar-refractivity contribution in [2.45, 2.75) is 31.7 Å². The maximum atomic E-state index is 3.67. The monoisotopic (exact) mass is 270 g/mol. The first-order chi connectivity index (χ1) is 9.90. The van der Waals surface area contributed by atoms with Gasteiger partial charge in [0.15, 0.2) is 0 Å². The number of piperidine rings is 1. The van der Waals surface area contributed by atoms with Gasteiger partial charge in [-0.1, -0.05) is 42.5 Å². The van der Waals surface area contributed by atoms with Crippen molar-refractivity contribution in [1.82, 2.24) is 10.2 Å². The minimum absolute atomic E-state index is 0.863. The summed E-state index contributed by atoms with van der Waals surface area (Å²) in [5, 5.41) is 3.67. The second kappa shape index (κ2) is 7.05. The Morgan fingerprint density at radius 1 is 1.05 bits per heavy atom. The molecule has 108 valence electrons. The van der Waals surface area contributed by atoms with E-state index in [9.17, 15) is 0 Å². The molecule has 3 rings (SSSR count). The zero-order chi connectivity index (χ0) is 13.6. The van der Waals surface area contributed by atoms with Crippen molar-refractivity contribution in [2.24, 2.45) is 5.92 Å². The smallest absolute Gasteiger partial charge is 0.0166 e. The van der Waals surface area contributed by atoms with Crippen LogP contribution in [0, 0.1) is 5.92 Å². The number of rotatable bonds is 6. The molecule has 0 aromatic heterocycles. The van der Waals surface area contributed by atoms with Crippen molar-refractivity contribution in [3.8, 4) is 0 Å². The first-order valence-electron chi connectivity index (χ1n) is 8.07. The number of hydrogen-bond donors (Lipinski definition) is 1. The Hall–Kier alpha value is -1.12. The standard InChI is InChI=1S/C18H26N2/c1-2-5-16(6-3-1)7-4-12-20-13-10-17(11-14-20)15-19-18-8-9-18/h1-7,17-19H,8-15H2. The minimum atomic E-state index is 0.863. The lowest BCUT2D eigenvalue weighted by molar-refractivity contribution is 0.198. The Balaban J connectivity index is 1.34. The Kier molecular flexibility index (Phi) is 4.88. The van der Waals surface area contributed by atoms with Crippen LogP contribution < -0.4 is 5.32 Å². The average molecular weight is 270 g/mol. The third-order valence-corrected chi connectivity index (χ3v) is 4.45. The molecule has 0 spiro atoms. The highest BCUT2D eigenvalue weighted by atomic mass is 15.1. The maximum Gasteiger partial charge on any atom is 0.0166 e. The normalized spacial score (nSPS) is 21.6. The summed E-state index contributed by atoms with van der Waals surface area (Å²) in [6, 6.07) is 11.4. The Bertz CT molecular complexity index is 414. The van der Waals surface area contributed by atoms with Crippen molar-refractivity contribution >= 4 is 6.08 Å². The van der Waals surface area contributed by atoms with E-state index in [4.69, 9.17) is 0 Å². The SMILES string of the molecule is C(=Cc1ccccc1)CN1CCC(CNC2CC2)CC1. The summed E-state index contributed by atoms with van der Waals surface area (Å²) < 4.78 is 0. The fraction of sp³-hybridized carbons (Fsp3) is 0.556. The molecule has 1 saturated heterocycles. The lowest BCUT2D eigenvalue weighted by atomic mass is 9.97. The molecule has 1 N–H and O–H groups in total. The topological polar surface area (TPSA) is 15.3 Å². The van der Waals surface area contributed by atoms with Gasteiger partial charge in [0, 0.05) is 12.6 Å². The number of nitrogens with zero attached hydrogens (tertiary/aromatic N) is 1. The van der Waals surface area contributed by atoms with E-state index in [0.29, 0.717) is 0 Å².